The second-order valence-electron chi connectivity index (χ2n) is 10.6. The van der Waals surface area contributed by atoms with Crippen LogP contribution in [0.3, 0.4) is 0 Å². The molecule has 7 N–H and O–H groups in total. The van der Waals surface area contributed by atoms with E-state index in [0.717, 1.165) is 12.8 Å². The zero-order chi connectivity index (χ0) is 30.4. The van der Waals surface area contributed by atoms with Gasteiger partial charge in [-0.2, -0.15) is 19.9 Å². The topological polar surface area (TPSA) is 261 Å². The number of halogens is 1. The Kier molecular flexibility index (Phi) is 8.47. The fourth-order valence-corrected chi connectivity index (χ4v) is 7.21. The predicted molar refractivity (Wildman–Crippen MR) is 154 cm³/mol. The molecule has 2 fully saturated rings. The maximum absolute atomic E-state index is 12.1. The lowest BCUT2D eigenvalue weighted by Gasteiger charge is -2.23. The highest BCUT2D eigenvalue weighted by molar-refractivity contribution is 7.62. The SMILES string of the molecule is CP(C)(=O)C1CCC(Cn2cnc3c(Cl)nc(N)nc32)O1.Nc1nc(N)c2ncn(CC3CCC(P(=O)([O-])O)O3)c2n1. The molecule has 6 rings (SSSR count). The standard InChI is InChI=1S/C12H17ClN5O2P.C10H15N6O4P/c1-21(2,19)8-4-3-7(20-8)5-18-6-15-9-10(13)16-12(14)17-11(9)18;11-8-7-9(15-10(12)14-8)16(4-13-7)3-5-1-2-6(20-5)21(17,18)19/h6-8H,3-5H2,1-2H3,(H2,14,16,17);4-6H,1-3H2,(H2,17,18,19)(H4,11,12,14,15)/p-1. The van der Waals surface area contributed by atoms with E-state index >= 15 is 0 Å². The molecule has 5 unspecified atom stereocenters. The van der Waals surface area contributed by atoms with E-state index in [4.69, 9.17) is 43.2 Å². The maximum atomic E-state index is 12.1. The highest BCUT2D eigenvalue weighted by Crippen LogP contribution is 2.49. The van der Waals surface area contributed by atoms with E-state index in [-0.39, 0.29) is 47.3 Å². The number of nitrogens with two attached hydrogens (primary N) is 3. The van der Waals surface area contributed by atoms with Crippen molar-refractivity contribution in [1.29, 1.82) is 0 Å². The summed E-state index contributed by atoms with van der Waals surface area (Å²) in [5, 5.41) is 0.244. The summed E-state index contributed by atoms with van der Waals surface area (Å²) in [4.78, 5) is 44.3. The molecule has 20 heteroatoms. The summed E-state index contributed by atoms with van der Waals surface area (Å²) in [7, 11) is -6.69. The van der Waals surface area contributed by atoms with Gasteiger partial charge in [0.15, 0.2) is 29.9 Å². The average molecular weight is 643 g/mol. The molecule has 0 spiro atoms. The van der Waals surface area contributed by atoms with Crippen LogP contribution in [0.15, 0.2) is 12.7 Å². The van der Waals surface area contributed by atoms with Gasteiger partial charge in [-0.3, -0.25) is 0 Å². The minimum atomic E-state index is -4.47. The minimum Gasteiger partial charge on any atom is -0.777 e. The largest absolute Gasteiger partial charge is 0.777 e. The monoisotopic (exact) mass is 642 g/mol. The molecule has 0 radical (unpaired) electrons. The second kappa shape index (κ2) is 11.6. The van der Waals surface area contributed by atoms with E-state index in [9.17, 15) is 14.0 Å². The van der Waals surface area contributed by atoms with Crippen molar-refractivity contribution in [2.24, 2.45) is 0 Å². The van der Waals surface area contributed by atoms with Gasteiger partial charge in [-0.05, 0) is 39.0 Å². The molecule has 0 bridgehead atoms. The third-order valence-corrected chi connectivity index (χ3v) is 10.1. The summed E-state index contributed by atoms with van der Waals surface area (Å²) in [6, 6.07) is 0. The summed E-state index contributed by atoms with van der Waals surface area (Å²) in [5.41, 5.74) is 18.9. The first kappa shape index (κ1) is 30.5. The van der Waals surface area contributed by atoms with E-state index in [1.54, 1.807) is 24.2 Å². The first-order chi connectivity index (χ1) is 19.7. The number of fused-ring (bicyclic) bond motifs is 2. The second-order valence-corrected chi connectivity index (χ2v) is 16.1. The molecule has 2 saturated heterocycles. The quantitative estimate of drug-likeness (QED) is 0.170. The van der Waals surface area contributed by atoms with Crippen LogP contribution in [-0.4, -0.2) is 81.2 Å². The number of anilines is 3. The van der Waals surface area contributed by atoms with Crippen LogP contribution in [-0.2, 0) is 31.7 Å². The Morgan fingerprint density at radius 2 is 1.38 bits per heavy atom. The number of nitrogens with zero attached hydrogens (tertiary/aromatic N) is 8. The normalized spacial score (nSPS) is 24.1. The van der Waals surface area contributed by atoms with Gasteiger partial charge in [0.05, 0.1) is 38.0 Å². The Balaban J connectivity index is 0.000000168. The van der Waals surface area contributed by atoms with E-state index in [1.165, 1.54) is 6.33 Å². The van der Waals surface area contributed by atoms with Crippen molar-refractivity contribution in [1.82, 2.24) is 39.0 Å². The van der Waals surface area contributed by atoms with Crippen LogP contribution >= 0.6 is 26.3 Å². The molecular weight excluding hydrogens is 612 g/mol. The van der Waals surface area contributed by atoms with Gasteiger partial charge in [0, 0.05) is 0 Å². The summed E-state index contributed by atoms with van der Waals surface area (Å²) in [6.07, 6.45) is 5.25. The number of ether oxygens (including phenoxy) is 2. The highest BCUT2D eigenvalue weighted by atomic mass is 35.5. The highest BCUT2D eigenvalue weighted by Gasteiger charge is 2.34. The van der Waals surface area contributed by atoms with Crippen LogP contribution in [0.5, 0.6) is 0 Å². The van der Waals surface area contributed by atoms with E-state index in [2.05, 4.69) is 29.9 Å². The van der Waals surface area contributed by atoms with Gasteiger partial charge in [0.25, 0.3) is 0 Å². The van der Waals surface area contributed by atoms with Gasteiger partial charge >= 0.3 is 0 Å². The predicted octanol–water partition coefficient (Wildman–Crippen LogP) is 1.23. The van der Waals surface area contributed by atoms with Crippen LogP contribution in [0.1, 0.15) is 25.7 Å². The Bertz CT molecular complexity index is 1580. The average Bonchev–Trinajstić information content (AvgIpc) is 3.67. The van der Waals surface area contributed by atoms with E-state index in [1.807, 2.05) is 4.57 Å². The molecular formula is C22H31ClN11O6P2-. The lowest BCUT2D eigenvalue weighted by atomic mass is 10.2. The molecule has 0 amide bonds. The number of hydrogen-bond acceptors (Lipinski definition) is 14. The van der Waals surface area contributed by atoms with E-state index < -0.39 is 20.6 Å². The Hall–Kier alpha value is -2.91. The first-order valence-electron chi connectivity index (χ1n) is 13.0. The third-order valence-electron chi connectivity index (χ3n) is 6.98. The van der Waals surface area contributed by atoms with Gasteiger partial charge in [0.2, 0.25) is 11.9 Å². The van der Waals surface area contributed by atoms with Gasteiger partial charge in [-0.1, -0.05) is 11.6 Å². The van der Waals surface area contributed by atoms with Crippen molar-refractivity contribution in [3.05, 3.63) is 17.8 Å². The number of hydrogen-bond donors (Lipinski definition) is 4. The molecule has 0 aromatic carbocycles. The van der Waals surface area contributed by atoms with Crippen LogP contribution in [0.25, 0.3) is 22.3 Å². The number of imidazole rings is 2. The van der Waals surface area contributed by atoms with Crippen LogP contribution in [0, 0.1) is 0 Å². The third kappa shape index (κ3) is 6.67. The zero-order valence-electron chi connectivity index (χ0n) is 22.8. The lowest BCUT2D eigenvalue weighted by molar-refractivity contribution is -0.204. The van der Waals surface area contributed by atoms with E-state index in [0.29, 0.717) is 41.8 Å². The van der Waals surface area contributed by atoms with Crippen molar-refractivity contribution in [2.75, 3.05) is 30.5 Å². The molecule has 0 saturated carbocycles. The fourth-order valence-electron chi connectivity index (χ4n) is 4.95. The molecule has 6 heterocycles. The van der Waals surface area contributed by atoms with Crippen LogP contribution in [0.2, 0.25) is 5.15 Å². The van der Waals surface area contributed by atoms with Gasteiger partial charge < -0.3 is 54.7 Å². The lowest BCUT2D eigenvalue weighted by Crippen LogP contribution is -2.20. The van der Waals surface area contributed by atoms with Crippen molar-refractivity contribution >= 4 is 66.4 Å². The van der Waals surface area contributed by atoms with Crippen molar-refractivity contribution in [3.8, 4) is 0 Å². The molecule has 4 aromatic heterocycles. The van der Waals surface area contributed by atoms with Crippen molar-refractivity contribution in [2.45, 2.75) is 62.7 Å². The Labute approximate surface area is 244 Å². The Morgan fingerprint density at radius 3 is 1.90 bits per heavy atom. The van der Waals surface area contributed by atoms with Crippen molar-refractivity contribution in [3.63, 3.8) is 0 Å². The maximum Gasteiger partial charge on any atom is 0.224 e. The molecule has 42 heavy (non-hydrogen) atoms. The van der Waals surface area contributed by atoms with Crippen LogP contribution in [0.4, 0.5) is 17.7 Å². The zero-order valence-corrected chi connectivity index (χ0v) is 25.3. The molecule has 4 aromatic rings. The van der Waals surface area contributed by atoms with Gasteiger partial charge in [0.1, 0.15) is 29.9 Å². The first-order valence-corrected chi connectivity index (χ1v) is 17.6. The minimum absolute atomic E-state index is 0.00408. The summed E-state index contributed by atoms with van der Waals surface area (Å²) >= 11 is 6.00. The van der Waals surface area contributed by atoms with Crippen molar-refractivity contribution < 1.29 is 28.4 Å². The molecule has 5 atom stereocenters. The number of aromatic nitrogens is 8. The number of nitrogen functional groups attached to an aromatic ring is 3. The molecule has 17 nitrogen and oxygen atoms in total. The molecule has 2 aliphatic rings. The summed E-state index contributed by atoms with van der Waals surface area (Å²) in [5.74, 6) is -0.971. The molecule has 0 aliphatic carbocycles. The fraction of sp³-hybridized carbons (Fsp3) is 0.545. The Morgan fingerprint density at radius 1 is 0.881 bits per heavy atom. The summed E-state index contributed by atoms with van der Waals surface area (Å²) < 4.78 is 37.9. The molecule has 228 valence electrons. The molecule has 2 aliphatic heterocycles. The number of rotatable bonds is 6. The van der Waals surface area contributed by atoms with Gasteiger partial charge in [-0.25, -0.2) is 9.97 Å². The summed E-state index contributed by atoms with van der Waals surface area (Å²) in [6.45, 7) is 4.45. The van der Waals surface area contributed by atoms with Crippen LogP contribution < -0.4 is 22.1 Å². The van der Waals surface area contributed by atoms with Gasteiger partial charge in [-0.15, -0.1) is 0 Å². The smallest absolute Gasteiger partial charge is 0.224 e.